The smallest absolute Gasteiger partial charge is 0.258 e. The molecule has 8 heteroatoms. The molecule has 0 atom stereocenters. The maximum absolute atomic E-state index is 12.2. The van der Waals surface area contributed by atoms with E-state index in [1.54, 1.807) is 24.5 Å². The Labute approximate surface area is 181 Å². The van der Waals surface area contributed by atoms with Crippen LogP contribution in [-0.4, -0.2) is 26.3 Å². The average molecular weight is 437 g/mol. The average Bonchev–Trinajstić information content (AvgIpc) is 3.42. The minimum atomic E-state index is -0.369. The van der Waals surface area contributed by atoms with E-state index in [4.69, 9.17) is 23.2 Å². The Balaban J connectivity index is 1.73. The van der Waals surface area contributed by atoms with Crippen LogP contribution in [0.1, 0.15) is 0 Å². The van der Waals surface area contributed by atoms with Crippen molar-refractivity contribution in [3.8, 4) is 22.5 Å². The summed E-state index contributed by atoms with van der Waals surface area (Å²) in [6, 6.07) is 10.9. The van der Waals surface area contributed by atoms with E-state index in [0.29, 0.717) is 15.7 Å². The molecule has 0 spiro atoms. The maximum atomic E-state index is 12.2. The highest BCUT2D eigenvalue weighted by molar-refractivity contribution is 6.42. The molecule has 2 aromatic heterocycles. The second kappa shape index (κ2) is 6.86. The summed E-state index contributed by atoms with van der Waals surface area (Å²) >= 11 is 12.2. The molecule has 0 aliphatic carbocycles. The largest absolute Gasteiger partial charge is 0.354 e. The predicted molar refractivity (Wildman–Crippen MR) is 118 cm³/mol. The van der Waals surface area contributed by atoms with E-state index < -0.39 is 0 Å². The number of carbonyl (C=O) groups excluding carboxylic acids is 2. The van der Waals surface area contributed by atoms with E-state index in [0.717, 1.165) is 38.3 Å². The number of halogens is 2. The van der Waals surface area contributed by atoms with Gasteiger partial charge < -0.3 is 9.55 Å². The van der Waals surface area contributed by atoms with E-state index in [-0.39, 0.29) is 11.8 Å². The number of rotatable bonds is 3. The van der Waals surface area contributed by atoms with Crippen molar-refractivity contribution in [1.82, 2.24) is 14.5 Å². The zero-order chi connectivity index (χ0) is 21.0. The van der Waals surface area contributed by atoms with Crippen LogP contribution in [0.5, 0.6) is 0 Å². The normalized spacial score (nSPS) is 13.8. The molecule has 3 heterocycles. The third-order valence-electron chi connectivity index (χ3n) is 4.99. The van der Waals surface area contributed by atoms with Crippen molar-refractivity contribution in [2.45, 2.75) is 0 Å². The van der Waals surface area contributed by atoms with E-state index in [2.05, 4.69) is 9.97 Å². The van der Waals surface area contributed by atoms with Gasteiger partial charge in [-0.1, -0.05) is 29.3 Å². The molecule has 0 saturated carbocycles. The number of imide groups is 1. The van der Waals surface area contributed by atoms with Crippen LogP contribution in [0.2, 0.25) is 10.0 Å². The van der Waals surface area contributed by atoms with Gasteiger partial charge in [0.05, 0.1) is 33.3 Å². The van der Waals surface area contributed by atoms with Crippen molar-refractivity contribution in [2.24, 2.45) is 7.05 Å². The maximum Gasteiger partial charge on any atom is 0.258 e. The Hall–Kier alpha value is -3.35. The van der Waals surface area contributed by atoms with Gasteiger partial charge in [-0.15, -0.1) is 0 Å². The monoisotopic (exact) mass is 436 g/mol. The molecule has 6 nitrogen and oxygen atoms in total. The lowest BCUT2D eigenvalue weighted by atomic mass is 10.1. The molecule has 1 aliphatic heterocycles. The van der Waals surface area contributed by atoms with Gasteiger partial charge >= 0.3 is 0 Å². The Bertz CT molecular complexity index is 1370. The molecule has 0 fully saturated rings. The van der Waals surface area contributed by atoms with Gasteiger partial charge in [-0.25, -0.2) is 9.88 Å². The van der Waals surface area contributed by atoms with E-state index >= 15 is 0 Å². The molecule has 0 radical (unpaired) electrons. The lowest BCUT2D eigenvalue weighted by molar-refractivity contribution is -0.119. The molecule has 5 rings (SSSR count). The lowest BCUT2D eigenvalue weighted by Crippen LogP contribution is -2.29. The van der Waals surface area contributed by atoms with Crippen LogP contribution < -0.4 is 4.90 Å². The summed E-state index contributed by atoms with van der Waals surface area (Å²) < 4.78 is 1.84. The topological polar surface area (TPSA) is 71.0 Å². The first-order chi connectivity index (χ1) is 14.4. The molecular formula is C22H14Cl2N4O2. The van der Waals surface area contributed by atoms with E-state index in [1.807, 2.05) is 36.0 Å². The third kappa shape index (κ3) is 3.01. The minimum absolute atomic E-state index is 0.369. The first-order valence-corrected chi connectivity index (χ1v) is 9.83. The molecule has 2 aromatic carbocycles. The number of benzene rings is 2. The molecule has 0 bridgehead atoms. The van der Waals surface area contributed by atoms with Gasteiger partial charge in [-0.05, 0) is 35.9 Å². The molecular weight excluding hydrogens is 423 g/mol. The van der Waals surface area contributed by atoms with Gasteiger partial charge in [0.15, 0.2) is 0 Å². The van der Waals surface area contributed by atoms with Crippen LogP contribution in [0.4, 0.5) is 5.69 Å². The predicted octanol–water partition coefficient (Wildman–Crippen LogP) is 4.97. The summed E-state index contributed by atoms with van der Waals surface area (Å²) in [7, 11) is 1.88. The summed E-state index contributed by atoms with van der Waals surface area (Å²) in [4.78, 5) is 33.5. The highest BCUT2D eigenvalue weighted by Gasteiger charge is 2.26. The van der Waals surface area contributed by atoms with Crippen molar-refractivity contribution >= 4 is 51.6 Å². The molecule has 148 valence electrons. The van der Waals surface area contributed by atoms with Gasteiger partial charge in [-0.2, -0.15) is 0 Å². The number of amides is 2. The summed E-state index contributed by atoms with van der Waals surface area (Å²) in [6.07, 6.45) is 6.12. The van der Waals surface area contributed by atoms with E-state index in [1.165, 1.54) is 12.2 Å². The van der Waals surface area contributed by atoms with Crippen molar-refractivity contribution in [3.63, 3.8) is 0 Å². The first kappa shape index (κ1) is 18.7. The molecule has 2 amide bonds. The standard InChI is InChI=1S/C22H14Cl2N4O2/c1-27-10-19(25-11-27)15-9-14(28-20(29)4-5-21(28)30)6-13-8-18(26-22(13)15)12-2-3-16(23)17(24)7-12/h2-11,26H,1H3. The van der Waals surface area contributed by atoms with Gasteiger partial charge in [0.2, 0.25) is 0 Å². The lowest BCUT2D eigenvalue weighted by Gasteiger charge is -2.15. The quantitative estimate of drug-likeness (QED) is 0.460. The number of imidazole rings is 1. The number of anilines is 1. The highest BCUT2D eigenvalue weighted by Crippen LogP contribution is 2.37. The van der Waals surface area contributed by atoms with E-state index in [9.17, 15) is 9.59 Å². The fourth-order valence-electron chi connectivity index (χ4n) is 3.59. The van der Waals surface area contributed by atoms with Crippen LogP contribution in [-0.2, 0) is 16.6 Å². The number of nitrogens with zero attached hydrogens (tertiary/aromatic N) is 3. The molecule has 30 heavy (non-hydrogen) atoms. The first-order valence-electron chi connectivity index (χ1n) is 9.07. The Kier molecular flexibility index (Phi) is 4.27. The van der Waals surface area contributed by atoms with Gasteiger partial charge in [0.25, 0.3) is 11.8 Å². The zero-order valence-electron chi connectivity index (χ0n) is 15.7. The Morgan fingerprint density at radius 2 is 1.73 bits per heavy atom. The highest BCUT2D eigenvalue weighted by atomic mass is 35.5. The van der Waals surface area contributed by atoms with Gasteiger partial charge in [0.1, 0.15) is 0 Å². The summed E-state index contributed by atoms with van der Waals surface area (Å²) in [5.74, 6) is -0.738. The molecule has 4 aromatic rings. The van der Waals surface area contributed by atoms with Crippen LogP contribution in [0, 0.1) is 0 Å². The number of H-pyrrole nitrogens is 1. The summed E-state index contributed by atoms with van der Waals surface area (Å²) in [5.41, 5.74) is 4.52. The number of hydrogen-bond acceptors (Lipinski definition) is 3. The Morgan fingerprint density at radius 3 is 2.40 bits per heavy atom. The summed E-state index contributed by atoms with van der Waals surface area (Å²) in [5, 5.41) is 1.77. The molecule has 0 saturated heterocycles. The van der Waals surface area contributed by atoms with Crippen LogP contribution in [0.3, 0.4) is 0 Å². The van der Waals surface area contributed by atoms with Crippen molar-refractivity contribution in [1.29, 1.82) is 0 Å². The summed E-state index contributed by atoms with van der Waals surface area (Å²) in [6.45, 7) is 0. The number of nitrogens with one attached hydrogen (secondary N) is 1. The van der Waals surface area contributed by atoms with Gasteiger partial charge in [0, 0.05) is 42.0 Å². The number of aromatic nitrogens is 3. The Morgan fingerprint density at radius 1 is 0.967 bits per heavy atom. The van der Waals surface area contributed by atoms with Crippen LogP contribution in [0.15, 0.2) is 61.1 Å². The second-order valence-electron chi connectivity index (χ2n) is 7.04. The van der Waals surface area contributed by atoms with Crippen LogP contribution in [0.25, 0.3) is 33.4 Å². The number of fused-ring (bicyclic) bond motifs is 1. The molecule has 0 unspecified atom stereocenters. The number of carbonyl (C=O) groups is 2. The zero-order valence-corrected chi connectivity index (χ0v) is 17.2. The SMILES string of the molecule is Cn1cnc(-c2cc(N3C(=O)C=CC3=O)cc3cc(-c4ccc(Cl)c(Cl)c4)[nH]c23)c1. The number of hydrogen-bond donors (Lipinski definition) is 1. The van der Waals surface area contributed by atoms with Gasteiger partial charge in [-0.3, -0.25) is 9.59 Å². The van der Waals surface area contributed by atoms with Crippen molar-refractivity contribution < 1.29 is 9.59 Å². The third-order valence-corrected chi connectivity index (χ3v) is 5.73. The fraction of sp³-hybridized carbons (Fsp3) is 0.0455. The minimum Gasteiger partial charge on any atom is -0.354 e. The molecule has 1 aliphatic rings. The second-order valence-corrected chi connectivity index (χ2v) is 7.85. The fourth-order valence-corrected chi connectivity index (χ4v) is 3.88. The van der Waals surface area contributed by atoms with Crippen molar-refractivity contribution in [2.75, 3.05) is 4.90 Å². The molecule has 1 N–H and O–H groups in total. The number of aryl methyl sites for hydroxylation is 1. The van der Waals surface area contributed by atoms with Crippen LogP contribution >= 0.6 is 23.2 Å². The number of aromatic amines is 1. The van der Waals surface area contributed by atoms with Crippen molar-refractivity contribution in [3.05, 3.63) is 71.1 Å².